The lowest BCUT2D eigenvalue weighted by Gasteiger charge is -2.15. The van der Waals surface area contributed by atoms with Crippen molar-refractivity contribution in [3.8, 4) is 11.5 Å². The number of aromatic nitrogens is 3. The molecule has 1 aromatic carbocycles. The number of hydrogen-bond donors (Lipinski definition) is 0. The fourth-order valence-electron chi connectivity index (χ4n) is 2.84. The van der Waals surface area contributed by atoms with Crippen molar-refractivity contribution in [3.05, 3.63) is 64.8 Å². The van der Waals surface area contributed by atoms with Crippen LogP contribution >= 0.6 is 0 Å². The molecule has 4 rings (SSSR count). The van der Waals surface area contributed by atoms with Gasteiger partial charge in [-0.2, -0.15) is 0 Å². The summed E-state index contributed by atoms with van der Waals surface area (Å²) in [6.07, 6.45) is 0.0465. The summed E-state index contributed by atoms with van der Waals surface area (Å²) < 4.78 is 45.4. The van der Waals surface area contributed by atoms with Crippen molar-refractivity contribution in [3.63, 3.8) is 0 Å². The number of hydrogen-bond acceptors (Lipinski definition) is 5. The quantitative estimate of drug-likeness (QED) is 0.698. The number of amides is 1. The number of carbonyl (C=O) groups excluding carboxylic acids is 1. The fraction of sp³-hybridized carbons (Fsp3) is 0.222. The number of pyridine rings is 1. The molecule has 0 spiro atoms. The maximum atomic E-state index is 13.9. The van der Waals surface area contributed by atoms with Crippen LogP contribution in [0.25, 0.3) is 11.5 Å². The Morgan fingerprint density at radius 1 is 1.26 bits per heavy atom. The molecule has 1 atom stereocenters. The second-order valence-electron chi connectivity index (χ2n) is 6.18. The Bertz CT molecular complexity index is 1040. The molecule has 0 radical (unpaired) electrons. The van der Waals surface area contributed by atoms with Crippen LogP contribution in [0.5, 0.6) is 0 Å². The predicted octanol–water partition coefficient (Wildman–Crippen LogP) is 3.60. The van der Waals surface area contributed by atoms with Crippen LogP contribution in [-0.4, -0.2) is 26.0 Å². The van der Waals surface area contributed by atoms with E-state index < -0.39 is 17.8 Å². The van der Waals surface area contributed by atoms with Crippen LogP contribution in [-0.2, 0) is 13.1 Å². The standard InChI is InChI=1S/C18H13F3N4O2/c1-9(19)16-23-24-17(27-16)11-4-13-15(22-6-11)8-25(18(13)26)7-10-2-3-12(20)5-14(10)21/h2-6,9H,7-8H2,1H3. The molecule has 1 amide bonds. The average Bonchev–Trinajstić information content (AvgIpc) is 3.23. The van der Waals surface area contributed by atoms with E-state index in [4.69, 9.17) is 4.42 Å². The molecule has 1 aliphatic rings. The van der Waals surface area contributed by atoms with Crippen LogP contribution in [0.3, 0.4) is 0 Å². The summed E-state index contributed by atoms with van der Waals surface area (Å²) in [6.45, 7) is 1.46. The van der Waals surface area contributed by atoms with Gasteiger partial charge in [-0.25, -0.2) is 13.2 Å². The highest BCUT2D eigenvalue weighted by Crippen LogP contribution is 2.28. The Kier molecular flexibility index (Phi) is 4.14. The van der Waals surface area contributed by atoms with Crippen molar-refractivity contribution in [2.24, 2.45) is 0 Å². The Morgan fingerprint density at radius 2 is 2.07 bits per heavy atom. The molecule has 6 nitrogen and oxygen atoms in total. The van der Waals surface area contributed by atoms with Gasteiger partial charge in [0.15, 0.2) is 6.17 Å². The van der Waals surface area contributed by atoms with Gasteiger partial charge in [0.1, 0.15) is 11.6 Å². The maximum Gasteiger partial charge on any atom is 0.256 e. The average molecular weight is 374 g/mol. The smallest absolute Gasteiger partial charge is 0.256 e. The summed E-state index contributed by atoms with van der Waals surface area (Å²) in [4.78, 5) is 18.3. The first-order valence-electron chi connectivity index (χ1n) is 8.12. The molecule has 0 aliphatic carbocycles. The molecular formula is C18H13F3N4O2. The molecule has 0 bridgehead atoms. The Hall–Kier alpha value is -3.23. The zero-order chi connectivity index (χ0) is 19.1. The van der Waals surface area contributed by atoms with Crippen molar-refractivity contribution in [1.82, 2.24) is 20.1 Å². The van der Waals surface area contributed by atoms with Gasteiger partial charge in [0.25, 0.3) is 11.8 Å². The zero-order valence-corrected chi connectivity index (χ0v) is 14.1. The number of rotatable bonds is 4. The number of carbonyl (C=O) groups is 1. The number of halogens is 3. The van der Waals surface area contributed by atoms with Crippen LogP contribution in [0, 0.1) is 11.6 Å². The van der Waals surface area contributed by atoms with E-state index in [9.17, 15) is 18.0 Å². The minimum atomic E-state index is -1.41. The van der Waals surface area contributed by atoms with E-state index in [0.29, 0.717) is 16.8 Å². The van der Waals surface area contributed by atoms with Gasteiger partial charge in [-0.3, -0.25) is 9.78 Å². The lowest BCUT2D eigenvalue weighted by atomic mass is 10.1. The normalized spacial score (nSPS) is 14.5. The van der Waals surface area contributed by atoms with Crippen LogP contribution < -0.4 is 0 Å². The molecule has 138 valence electrons. The Labute approximate surface area is 151 Å². The Morgan fingerprint density at radius 3 is 2.78 bits per heavy atom. The number of nitrogens with zero attached hydrogens (tertiary/aromatic N) is 4. The van der Waals surface area contributed by atoms with E-state index in [0.717, 1.165) is 12.1 Å². The van der Waals surface area contributed by atoms with Crippen LogP contribution in [0.4, 0.5) is 13.2 Å². The van der Waals surface area contributed by atoms with Crippen molar-refractivity contribution in [2.45, 2.75) is 26.2 Å². The highest BCUT2D eigenvalue weighted by Gasteiger charge is 2.30. The number of fused-ring (bicyclic) bond motifs is 1. The van der Waals surface area contributed by atoms with E-state index in [-0.39, 0.29) is 36.3 Å². The molecule has 0 N–H and O–H groups in total. The van der Waals surface area contributed by atoms with E-state index in [2.05, 4.69) is 15.2 Å². The van der Waals surface area contributed by atoms with E-state index in [1.165, 1.54) is 30.2 Å². The highest BCUT2D eigenvalue weighted by atomic mass is 19.1. The van der Waals surface area contributed by atoms with Crippen molar-refractivity contribution in [2.75, 3.05) is 0 Å². The number of benzene rings is 1. The molecule has 0 saturated carbocycles. The molecule has 1 aliphatic heterocycles. The van der Waals surface area contributed by atoms with Crippen molar-refractivity contribution >= 4 is 5.91 Å². The zero-order valence-electron chi connectivity index (χ0n) is 14.1. The lowest BCUT2D eigenvalue weighted by molar-refractivity contribution is 0.0765. The third-order valence-corrected chi connectivity index (χ3v) is 4.23. The third kappa shape index (κ3) is 3.16. The minimum Gasteiger partial charge on any atom is -0.417 e. The SMILES string of the molecule is CC(F)c1nnc(-c2cnc3c(c2)C(=O)N(Cc2ccc(F)cc2F)C3)o1. The molecule has 0 saturated heterocycles. The predicted molar refractivity (Wildman–Crippen MR) is 87.0 cm³/mol. The van der Waals surface area contributed by atoms with Gasteiger partial charge in [0, 0.05) is 24.4 Å². The van der Waals surface area contributed by atoms with Crippen molar-refractivity contribution in [1.29, 1.82) is 0 Å². The summed E-state index contributed by atoms with van der Waals surface area (Å²) >= 11 is 0. The molecule has 9 heteroatoms. The lowest BCUT2D eigenvalue weighted by Crippen LogP contribution is -2.23. The molecular weight excluding hydrogens is 361 g/mol. The first kappa shape index (κ1) is 17.2. The van der Waals surface area contributed by atoms with Gasteiger partial charge in [-0.05, 0) is 19.1 Å². The van der Waals surface area contributed by atoms with Gasteiger partial charge in [0.05, 0.1) is 23.4 Å². The topological polar surface area (TPSA) is 72.1 Å². The van der Waals surface area contributed by atoms with Gasteiger partial charge < -0.3 is 9.32 Å². The summed E-state index contributed by atoms with van der Waals surface area (Å²) in [7, 11) is 0. The molecule has 2 aromatic heterocycles. The van der Waals surface area contributed by atoms with Crippen LogP contribution in [0.2, 0.25) is 0 Å². The summed E-state index contributed by atoms with van der Waals surface area (Å²) in [5.41, 5.74) is 1.43. The van der Waals surface area contributed by atoms with Gasteiger partial charge in [-0.15, -0.1) is 10.2 Å². The minimum absolute atomic E-state index is 0.0132. The summed E-state index contributed by atoms with van der Waals surface area (Å²) in [5, 5.41) is 7.36. The molecule has 27 heavy (non-hydrogen) atoms. The van der Waals surface area contributed by atoms with Crippen LogP contribution in [0.1, 0.15) is 40.6 Å². The maximum absolute atomic E-state index is 13.9. The molecule has 3 aromatic rings. The van der Waals surface area contributed by atoms with Gasteiger partial charge >= 0.3 is 0 Å². The highest BCUT2D eigenvalue weighted by molar-refractivity contribution is 5.98. The summed E-state index contributed by atoms with van der Waals surface area (Å²) in [6, 6.07) is 4.75. The monoisotopic (exact) mass is 374 g/mol. The largest absolute Gasteiger partial charge is 0.417 e. The number of alkyl halides is 1. The third-order valence-electron chi connectivity index (χ3n) is 4.23. The van der Waals surface area contributed by atoms with E-state index in [1.807, 2.05) is 0 Å². The van der Waals surface area contributed by atoms with E-state index in [1.54, 1.807) is 0 Å². The van der Waals surface area contributed by atoms with Gasteiger partial charge in [0.2, 0.25) is 5.89 Å². The molecule has 3 heterocycles. The second-order valence-corrected chi connectivity index (χ2v) is 6.18. The second kappa shape index (κ2) is 6.49. The van der Waals surface area contributed by atoms with Crippen molar-refractivity contribution < 1.29 is 22.4 Å². The summed E-state index contributed by atoms with van der Waals surface area (Å²) in [5.74, 6) is -1.85. The van der Waals surface area contributed by atoms with Crippen LogP contribution in [0.15, 0.2) is 34.9 Å². The molecule has 1 unspecified atom stereocenters. The fourth-order valence-corrected chi connectivity index (χ4v) is 2.84. The van der Waals surface area contributed by atoms with Gasteiger partial charge in [-0.1, -0.05) is 6.07 Å². The Balaban J connectivity index is 1.59. The van der Waals surface area contributed by atoms with E-state index >= 15 is 0 Å². The molecule has 0 fully saturated rings. The first-order chi connectivity index (χ1) is 12.9. The first-order valence-corrected chi connectivity index (χ1v) is 8.12.